The summed E-state index contributed by atoms with van der Waals surface area (Å²) >= 11 is 6.02. The van der Waals surface area contributed by atoms with Gasteiger partial charge in [-0.25, -0.2) is 4.79 Å². The van der Waals surface area contributed by atoms with Gasteiger partial charge in [-0.15, -0.1) is 0 Å². The number of piperazine rings is 1. The van der Waals surface area contributed by atoms with Crippen LogP contribution in [0.25, 0.3) is 0 Å². The lowest BCUT2D eigenvalue weighted by Crippen LogP contribution is -2.54. The normalized spacial score (nSPS) is 15.4. The average molecular weight is 400 g/mol. The third kappa shape index (κ3) is 4.84. The fourth-order valence-electron chi connectivity index (χ4n) is 3.37. The second-order valence-corrected chi connectivity index (χ2v) is 7.75. The van der Waals surface area contributed by atoms with Crippen molar-refractivity contribution in [1.29, 1.82) is 0 Å². The summed E-state index contributed by atoms with van der Waals surface area (Å²) in [6.45, 7) is 6.01. The Morgan fingerprint density at radius 1 is 0.857 bits per heavy atom. The predicted octanol–water partition coefficient (Wildman–Crippen LogP) is 3.94. The number of halogens is 1. The van der Waals surface area contributed by atoms with Crippen LogP contribution in [0.15, 0.2) is 54.6 Å². The van der Waals surface area contributed by atoms with E-state index in [4.69, 9.17) is 11.6 Å². The first kappa shape index (κ1) is 20.2. The second-order valence-electron chi connectivity index (χ2n) is 7.31. The van der Waals surface area contributed by atoms with E-state index in [-0.39, 0.29) is 23.9 Å². The minimum Gasteiger partial charge on any atom is -0.339 e. The molecule has 1 aliphatic heterocycles. The van der Waals surface area contributed by atoms with Gasteiger partial charge in [-0.3, -0.25) is 4.79 Å². The molecule has 0 radical (unpaired) electrons. The van der Waals surface area contributed by atoms with Gasteiger partial charge >= 0.3 is 6.03 Å². The molecule has 0 spiro atoms. The van der Waals surface area contributed by atoms with Gasteiger partial charge < -0.3 is 15.1 Å². The zero-order valence-electron chi connectivity index (χ0n) is 16.3. The molecule has 1 N–H and O–H groups in total. The number of urea groups is 1. The molecule has 3 amide bonds. The summed E-state index contributed by atoms with van der Waals surface area (Å²) in [7, 11) is 0. The number of amides is 3. The Morgan fingerprint density at radius 3 is 1.96 bits per heavy atom. The molecule has 0 aromatic heterocycles. The molecule has 2 aromatic carbocycles. The van der Waals surface area contributed by atoms with E-state index in [1.165, 1.54) is 0 Å². The highest BCUT2D eigenvalue weighted by Gasteiger charge is 2.27. The molecule has 148 valence electrons. The van der Waals surface area contributed by atoms with E-state index in [1.54, 1.807) is 4.90 Å². The van der Waals surface area contributed by atoms with Gasteiger partial charge in [-0.1, -0.05) is 67.9 Å². The minimum absolute atomic E-state index is 0.0206. The Kier molecular flexibility index (Phi) is 6.57. The van der Waals surface area contributed by atoms with Gasteiger partial charge in [0, 0.05) is 37.1 Å². The highest BCUT2D eigenvalue weighted by atomic mass is 35.5. The van der Waals surface area contributed by atoms with Crippen molar-refractivity contribution in [3.63, 3.8) is 0 Å². The first-order valence-corrected chi connectivity index (χ1v) is 9.98. The zero-order chi connectivity index (χ0) is 20.1. The van der Waals surface area contributed by atoms with E-state index in [1.807, 2.05) is 73.3 Å². The topological polar surface area (TPSA) is 52.7 Å². The van der Waals surface area contributed by atoms with Crippen molar-refractivity contribution in [2.45, 2.75) is 19.9 Å². The van der Waals surface area contributed by atoms with Crippen LogP contribution in [-0.2, 0) is 4.79 Å². The number of rotatable bonds is 4. The summed E-state index contributed by atoms with van der Waals surface area (Å²) in [5, 5.41) is 3.81. The fraction of sp³-hybridized carbons (Fsp3) is 0.364. The molecule has 0 unspecified atom stereocenters. The summed E-state index contributed by atoms with van der Waals surface area (Å²) in [4.78, 5) is 28.7. The van der Waals surface area contributed by atoms with Gasteiger partial charge in [0.2, 0.25) is 5.91 Å². The average Bonchev–Trinajstić information content (AvgIpc) is 2.72. The van der Waals surface area contributed by atoms with Crippen LogP contribution in [0.1, 0.15) is 31.0 Å². The maximum atomic E-state index is 12.9. The van der Waals surface area contributed by atoms with E-state index in [2.05, 4.69) is 5.32 Å². The standard InChI is InChI=1S/C22H26ClN3O2/c1-16(2)21(27)25-12-14-26(15-13-25)22(28)24-20(17-6-4-3-5-7-17)18-8-10-19(23)11-9-18/h3-11,16,20H,12-15H2,1-2H3,(H,24,28)/t20-/m0/s1. The Balaban J connectivity index is 1.70. The third-order valence-electron chi connectivity index (χ3n) is 4.98. The smallest absolute Gasteiger partial charge is 0.318 e. The lowest BCUT2D eigenvalue weighted by atomic mass is 9.99. The number of benzene rings is 2. The molecule has 1 fully saturated rings. The van der Waals surface area contributed by atoms with Gasteiger partial charge in [0.25, 0.3) is 0 Å². The summed E-state index contributed by atoms with van der Waals surface area (Å²) in [5.41, 5.74) is 1.98. The fourth-order valence-corrected chi connectivity index (χ4v) is 3.50. The molecule has 0 bridgehead atoms. The third-order valence-corrected chi connectivity index (χ3v) is 5.23. The Hall–Kier alpha value is -2.53. The van der Waals surface area contributed by atoms with E-state index >= 15 is 0 Å². The molecule has 5 nitrogen and oxygen atoms in total. The van der Waals surface area contributed by atoms with Crippen LogP contribution >= 0.6 is 11.6 Å². The highest BCUT2D eigenvalue weighted by Crippen LogP contribution is 2.24. The van der Waals surface area contributed by atoms with Gasteiger partial charge in [0.05, 0.1) is 6.04 Å². The maximum absolute atomic E-state index is 12.9. The van der Waals surface area contributed by atoms with Crippen molar-refractivity contribution in [1.82, 2.24) is 15.1 Å². The molecular formula is C22H26ClN3O2. The maximum Gasteiger partial charge on any atom is 0.318 e. The zero-order valence-corrected chi connectivity index (χ0v) is 17.0. The van der Waals surface area contributed by atoms with Crippen molar-refractivity contribution in [2.75, 3.05) is 26.2 Å². The number of carbonyl (C=O) groups excluding carboxylic acids is 2. The van der Waals surface area contributed by atoms with E-state index in [9.17, 15) is 9.59 Å². The monoisotopic (exact) mass is 399 g/mol. The van der Waals surface area contributed by atoms with Crippen LogP contribution < -0.4 is 5.32 Å². The van der Waals surface area contributed by atoms with Crippen LogP contribution in [0.5, 0.6) is 0 Å². The molecule has 28 heavy (non-hydrogen) atoms. The number of hydrogen-bond acceptors (Lipinski definition) is 2. The molecule has 6 heteroatoms. The second kappa shape index (κ2) is 9.11. The predicted molar refractivity (Wildman–Crippen MR) is 111 cm³/mol. The van der Waals surface area contributed by atoms with Crippen molar-refractivity contribution < 1.29 is 9.59 Å². The Bertz CT molecular complexity index is 800. The molecule has 0 aliphatic carbocycles. The van der Waals surface area contributed by atoms with E-state index in [0.29, 0.717) is 31.2 Å². The minimum atomic E-state index is -0.263. The molecule has 1 heterocycles. The summed E-state index contributed by atoms with van der Waals surface area (Å²) in [5.74, 6) is 0.121. The molecule has 1 aliphatic rings. The van der Waals surface area contributed by atoms with Crippen molar-refractivity contribution in [3.05, 3.63) is 70.7 Å². The Labute approximate surface area is 171 Å². The van der Waals surface area contributed by atoms with Crippen LogP contribution in [0.3, 0.4) is 0 Å². The summed E-state index contributed by atoms with van der Waals surface area (Å²) in [6.07, 6.45) is 0. The van der Waals surface area contributed by atoms with Crippen LogP contribution in [0, 0.1) is 5.92 Å². The van der Waals surface area contributed by atoms with Crippen LogP contribution in [0.2, 0.25) is 5.02 Å². The van der Waals surface area contributed by atoms with Crippen LogP contribution in [-0.4, -0.2) is 47.9 Å². The van der Waals surface area contributed by atoms with E-state index in [0.717, 1.165) is 11.1 Å². The highest BCUT2D eigenvalue weighted by molar-refractivity contribution is 6.30. The summed E-state index contributed by atoms with van der Waals surface area (Å²) in [6, 6.07) is 17.0. The lowest BCUT2D eigenvalue weighted by Gasteiger charge is -2.36. The van der Waals surface area contributed by atoms with Gasteiger partial charge in [-0.2, -0.15) is 0 Å². The van der Waals surface area contributed by atoms with Crippen molar-refractivity contribution in [2.24, 2.45) is 5.92 Å². The first-order valence-electron chi connectivity index (χ1n) is 9.60. The largest absolute Gasteiger partial charge is 0.339 e. The number of nitrogens with zero attached hydrogens (tertiary/aromatic N) is 2. The first-order chi connectivity index (χ1) is 13.5. The van der Waals surface area contributed by atoms with Crippen molar-refractivity contribution >= 4 is 23.5 Å². The lowest BCUT2D eigenvalue weighted by molar-refractivity contribution is -0.135. The van der Waals surface area contributed by atoms with E-state index < -0.39 is 0 Å². The van der Waals surface area contributed by atoms with Crippen LogP contribution in [0.4, 0.5) is 4.79 Å². The van der Waals surface area contributed by atoms with Gasteiger partial charge in [-0.05, 0) is 23.3 Å². The Morgan fingerprint density at radius 2 is 1.39 bits per heavy atom. The molecule has 0 saturated carbocycles. The van der Waals surface area contributed by atoms with Crippen molar-refractivity contribution in [3.8, 4) is 0 Å². The molecular weight excluding hydrogens is 374 g/mol. The molecule has 1 saturated heterocycles. The summed E-state index contributed by atoms with van der Waals surface area (Å²) < 4.78 is 0. The molecule has 2 aromatic rings. The number of carbonyl (C=O) groups is 2. The molecule has 1 atom stereocenters. The molecule has 3 rings (SSSR count). The van der Waals surface area contributed by atoms with Gasteiger partial charge in [0.1, 0.15) is 0 Å². The van der Waals surface area contributed by atoms with Gasteiger partial charge in [0.15, 0.2) is 0 Å². The SMILES string of the molecule is CC(C)C(=O)N1CCN(C(=O)N[C@@H](c2ccccc2)c2ccc(Cl)cc2)CC1. The quantitative estimate of drug-likeness (QED) is 0.846. The number of nitrogens with one attached hydrogen (secondary N) is 1. The number of hydrogen-bond donors (Lipinski definition) is 1.